The zero-order chi connectivity index (χ0) is 15.1. The maximum Gasteiger partial charge on any atom is 0.413 e. The number of nitrogens with zero attached hydrogens (tertiary/aromatic N) is 1. The summed E-state index contributed by atoms with van der Waals surface area (Å²) >= 11 is 0. The van der Waals surface area contributed by atoms with E-state index in [1.807, 2.05) is 0 Å². The van der Waals surface area contributed by atoms with Crippen LogP contribution in [0.4, 0.5) is 4.79 Å². The normalized spacial score (nSPS) is 26.2. The smallest absolute Gasteiger partial charge is 0.413 e. The van der Waals surface area contributed by atoms with E-state index in [1.54, 1.807) is 41.5 Å². The lowest BCUT2D eigenvalue weighted by molar-refractivity contribution is -0.132. The summed E-state index contributed by atoms with van der Waals surface area (Å²) < 4.78 is 10.9. The van der Waals surface area contributed by atoms with E-state index in [0.29, 0.717) is 0 Å². The summed E-state index contributed by atoms with van der Waals surface area (Å²) in [6.07, 6.45) is -0.610. The second kappa shape index (κ2) is 4.64. The van der Waals surface area contributed by atoms with Crippen molar-refractivity contribution in [1.82, 2.24) is 10.3 Å². The van der Waals surface area contributed by atoms with Gasteiger partial charge in [-0.2, -0.15) is 0 Å². The number of hydrogen-bond donors (Lipinski definition) is 2. The van der Waals surface area contributed by atoms with Gasteiger partial charge in [0.1, 0.15) is 16.9 Å². The van der Waals surface area contributed by atoms with Crippen LogP contribution < -0.4 is 11.3 Å². The zero-order valence-electron chi connectivity index (χ0n) is 12.4. The van der Waals surface area contributed by atoms with Crippen molar-refractivity contribution in [3.05, 3.63) is 0 Å². The average Bonchev–Trinajstić information content (AvgIpc) is 2.47. The van der Waals surface area contributed by atoms with Gasteiger partial charge in [-0.3, -0.25) is 15.1 Å². The lowest BCUT2D eigenvalue weighted by Gasteiger charge is -2.38. The number of nitrogens with two attached hydrogens (primary N) is 1. The zero-order valence-corrected chi connectivity index (χ0v) is 12.4. The lowest BCUT2D eigenvalue weighted by Crippen LogP contribution is -2.62. The van der Waals surface area contributed by atoms with Crippen molar-refractivity contribution in [3.63, 3.8) is 0 Å². The molecule has 0 aromatic heterocycles. The third kappa shape index (κ3) is 2.98. The van der Waals surface area contributed by atoms with E-state index in [-0.39, 0.29) is 6.61 Å². The quantitative estimate of drug-likeness (QED) is 0.417. The maximum atomic E-state index is 12.3. The highest BCUT2D eigenvalue weighted by molar-refractivity contribution is 5.90. The summed E-state index contributed by atoms with van der Waals surface area (Å²) in [6, 6.07) is 0. The van der Waals surface area contributed by atoms with E-state index in [0.717, 1.165) is 0 Å². The first kappa shape index (κ1) is 15.7. The highest BCUT2D eigenvalue weighted by Crippen LogP contribution is 2.36. The highest BCUT2D eigenvalue weighted by atomic mass is 16.6. The van der Waals surface area contributed by atoms with Crippen molar-refractivity contribution in [2.45, 2.75) is 58.4 Å². The number of carbonyl (C=O) groups excluding carboxylic acids is 2. The molecule has 2 amide bonds. The summed E-state index contributed by atoms with van der Waals surface area (Å²) in [5, 5.41) is 0. The topological polar surface area (TPSA) is 93.9 Å². The molecule has 0 spiro atoms. The Balaban J connectivity index is 3.10. The predicted octanol–water partition coefficient (Wildman–Crippen LogP) is 0.738. The van der Waals surface area contributed by atoms with Crippen LogP contribution in [-0.2, 0) is 14.3 Å². The summed E-state index contributed by atoms with van der Waals surface area (Å²) in [7, 11) is 0. The fraction of sp³-hybridized carbons (Fsp3) is 0.833. The highest BCUT2D eigenvalue weighted by Gasteiger charge is 2.56. The molecule has 1 unspecified atom stereocenters. The standard InChI is InChI=1S/C12H23N3O4/c1-10(2,3)19-9(17)15-11(4,5)18-7-12(15,6)8(16)14-13/h7,13H2,1-6H3,(H,14,16). The van der Waals surface area contributed by atoms with Gasteiger partial charge in [-0.15, -0.1) is 0 Å². The molecule has 1 heterocycles. The Labute approximate surface area is 113 Å². The predicted molar refractivity (Wildman–Crippen MR) is 68.8 cm³/mol. The van der Waals surface area contributed by atoms with Crippen molar-refractivity contribution < 1.29 is 19.1 Å². The molecule has 1 aliphatic rings. The van der Waals surface area contributed by atoms with Crippen LogP contribution in [0, 0.1) is 0 Å². The molecule has 1 fully saturated rings. The number of nitrogens with one attached hydrogen (secondary N) is 1. The second-order valence-corrected chi connectivity index (χ2v) is 6.30. The van der Waals surface area contributed by atoms with Crippen molar-refractivity contribution >= 4 is 12.0 Å². The van der Waals surface area contributed by atoms with Gasteiger partial charge >= 0.3 is 6.09 Å². The van der Waals surface area contributed by atoms with E-state index in [9.17, 15) is 9.59 Å². The van der Waals surface area contributed by atoms with Crippen LogP contribution in [0.1, 0.15) is 41.5 Å². The molecule has 1 aliphatic heterocycles. The van der Waals surface area contributed by atoms with Gasteiger partial charge in [0.2, 0.25) is 0 Å². The number of hydrogen-bond acceptors (Lipinski definition) is 5. The van der Waals surface area contributed by atoms with Crippen LogP contribution >= 0.6 is 0 Å². The van der Waals surface area contributed by atoms with Gasteiger partial charge in [0.15, 0.2) is 0 Å². The van der Waals surface area contributed by atoms with Crippen molar-refractivity contribution in [2.75, 3.05) is 6.61 Å². The fourth-order valence-electron chi connectivity index (χ4n) is 2.09. The second-order valence-electron chi connectivity index (χ2n) is 6.30. The molecular formula is C12H23N3O4. The minimum absolute atomic E-state index is 0.0578. The van der Waals surface area contributed by atoms with Crippen LogP contribution in [0.25, 0.3) is 0 Å². The monoisotopic (exact) mass is 273 g/mol. The third-order valence-electron chi connectivity index (χ3n) is 2.93. The Kier molecular flexibility index (Phi) is 3.84. The minimum atomic E-state index is -1.19. The Hall–Kier alpha value is -1.34. The van der Waals surface area contributed by atoms with E-state index in [2.05, 4.69) is 5.43 Å². The SMILES string of the molecule is CC(C)(C)OC(=O)N1C(C)(C)OCC1(C)C(=O)NN. The molecule has 110 valence electrons. The number of hydrazine groups is 1. The van der Waals surface area contributed by atoms with E-state index < -0.39 is 28.9 Å². The lowest BCUT2D eigenvalue weighted by atomic mass is 10.0. The van der Waals surface area contributed by atoms with Gasteiger partial charge in [0.25, 0.3) is 5.91 Å². The molecule has 0 aliphatic carbocycles. The van der Waals surface area contributed by atoms with Gasteiger partial charge in [-0.25, -0.2) is 10.6 Å². The number of rotatable bonds is 1. The molecule has 19 heavy (non-hydrogen) atoms. The molecule has 0 saturated carbocycles. The van der Waals surface area contributed by atoms with E-state index >= 15 is 0 Å². The molecular weight excluding hydrogens is 250 g/mol. The van der Waals surface area contributed by atoms with Crippen LogP contribution in [0.15, 0.2) is 0 Å². The van der Waals surface area contributed by atoms with Gasteiger partial charge in [0, 0.05) is 0 Å². The van der Waals surface area contributed by atoms with Gasteiger partial charge < -0.3 is 9.47 Å². The Morgan fingerprint density at radius 3 is 2.26 bits per heavy atom. The van der Waals surface area contributed by atoms with Crippen LogP contribution in [0.2, 0.25) is 0 Å². The van der Waals surface area contributed by atoms with Crippen LogP contribution in [0.5, 0.6) is 0 Å². The molecule has 7 heteroatoms. The Morgan fingerprint density at radius 1 is 1.32 bits per heavy atom. The van der Waals surface area contributed by atoms with Crippen molar-refractivity contribution in [1.29, 1.82) is 0 Å². The van der Waals surface area contributed by atoms with Crippen molar-refractivity contribution in [3.8, 4) is 0 Å². The van der Waals surface area contributed by atoms with Crippen LogP contribution in [-0.4, -0.2) is 40.4 Å². The first-order valence-electron chi connectivity index (χ1n) is 6.12. The van der Waals surface area contributed by atoms with E-state index in [4.69, 9.17) is 15.3 Å². The number of amides is 2. The molecule has 0 aromatic rings. The largest absolute Gasteiger partial charge is 0.444 e. The summed E-state index contributed by atoms with van der Waals surface area (Å²) in [5.74, 6) is 4.69. The molecule has 0 aromatic carbocycles. The molecule has 0 radical (unpaired) electrons. The van der Waals surface area contributed by atoms with Crippen LogP contribution in [0.3, 0.4) is 0 Å². The first-order chi connectivity index (χ1) is 8.44. The number of ether oxygens (including phenoxy) is 2. The third-order valence-corrected chi connectivity index (χ3v) is 2.93. The molecule has 7 nitrogen and oxygen atoms in total. The van der Waals surface area contributed by atoms with Gasteiger partial charge in [0.05, 0.1) is 6.61 Å². The van der Waals surface area contributed by atoms with Gasteiger partial charge in [-0.1, -0.05) is 0 Å². The summed E-state index contributed by atoms with van der Waals surface area (Å²) in [4.78, 5) is 25.5. The summed E-state index contributed by atoms with van der Waals surface area (Å²) in [6.45, 7) is 10.3. The molecule has 1 atom stereocenters. The Morgan fingerprint density at radius 2 is 1.84 bits per heavy atom. The molecule has 0 bridgehead atoms. The van der Waals surface area contributed by atoms with E-state index in [1.165, 1.54) is 4.90 Å². The summed E-state index contributed by atoms with van der Waals surface area (Å²) in [5.41, 5.74) is -0.727. The average molecular weight is 273 g/mol. The van der Waals surface area contributed by atoms with Crippen molar-refractivity contribution in [2.24, 2.45) is 5.84 Å². The first-order valence-corrected chi connectivity index (χ1v) is 6.12. The minimum Gasteiger partial charge on any atom is -0.444 e. The molecule has 3 N–H and O–H groups in total. The molecule has 1 saturated heterocycles. The number of carbonyl (C=O) groups is 2. The molecule has 1 rings (SSSR count). The fourth-order valence-corrected chi connectivity index (χ4v) is 2.09. The maximum absolute atomic E-state index is 12.3. The van der Waals surface area contributed by atoms with Gasteiger partial charge in [-0.05, 0) is 41.5 Å². The Bertz CT molecular complexity index is 389.